The second kappa shape index (κ2) is 8.35. The van der Waals surface area contributed by atoms with Crippen molar-refractivity contribution < 1.29 is 14.6 Å². The van der Waals surface area contributed by atoms with Crippen LogP contribution in [0.1, 0.15) is 15.9 Å². The summed E-state index contributed by atoms with van der Waals surface area (Å²) in [5.74, 6) is -0.430. The molecule has 6 heteroatoms. The van der Waals surface area contributed by atoms with Crippen molar-refractivity contribution in [2.75, 3.05) is 19.0 Å². The molecular weight excluding hydrogens is 354 g/mol. The molecule has 142 valence electrons. The number of aromatic hydroxyl groups is 1. The van der Waals surface area contributed by atoms with E-state index in [9.17, 15) is 9.90 Å². The molecule has 6 nitrogen and oxygen atoms in total. The fraction of sp³-hybridized carbons (Fsp3) is 0.136. The third-order valence-electron chi connectivity index (χ3n) is 4.08. The number of carbonyl (C=O) groups excluding carboxylic acids is 1. The molecule has 0 spiro atoms. The van der Waals surface area contributed by atoms with E-state index < -0.39 is 5.97 Å². The summed E-state index contributed by atoms with van der Waals surface area (Å²) >= 11 is 0. The van der Waals surface area contributed by atoms with Crippen LogP contribution >= 0.6 is 0 Å². The molecule has 3 aromatic carbocycles. The van der Waals surface area contributed by atoms with E-state index in [0.717, 1.165) is 11.3 Å². The van der Waals surface area contributed by atoms with Crippen molar-refractivity contribution in [3.05, 3.63) is 77.9 Å². The normalized spacial score (nSPS) is 10.8. The smallest absolute Gasteiger partial charge is 0.347 e. The SMILES string of the molecule is Cc1ccc(OC(=O)c2ccc(N=Nc3ccc(N(C)C)cc3)cc2O)cc1. The van der Waals surface area contributed by atoms with Gasteiger partial charge < -0.3 is 14.7 Å². The minimum absolute atomic E-state index is 0.0647. The van der Waals surface area contributed by atoms with Crippen LogP contribution in [0, 0.1) is 6.92 Å². The van der Waals surface area contributed by atoms with E-state index in [1.807, 2.05) is 62.3 Å². The monoisotopic (exact) mass is 375 g/mol. The summed E-state index contributed by atoms with van der Waals surface area (Å²) < 4.78 is 5.28. The third-order valence-corrected chi connectivity index (χ3v) is 4.08. The van der Waals surface area contributed by atoms with Gasteiger partial charge in [-0.05, 0) is 55.5 Å². The Bertz CT molecular complexity index is 995. The lowest BCUT2D eigenvalue weighted by atomic mass is 10.2. The molecule has 3 rings (SSSR count). The van der Waals surface area contributed by atoms with E-state index in [-0.39, 0.29) is 11.3 Å². The minimum atomic E-state index is -0.635. The molecular formula is C22H21N3O3. The zero-order chi connectivity index (χ0) is 20.1. The Morgan fingerprint density at radius 3 is 2.11 bits per heavy atom. The lowest BCUT2D eigenvalue weighted by Crippen LogP contribution is -2.08. The average molecular weight is 375 g/mol. The molecule has 0 heterocycles. The standard InChI is InChI=1S/C22H21N3O3/c1-15-4-11-19(12-5-15)28-22(27)20-13-8-17(14-21(20)26)24-23-16-6-9-18(10-7-16)25(2)3/h4-14,26H,1-3H3. The molecule has 28 heavy (non-hydrogen) atoms. The van der Waals surface area contributed by atoms with Gasteiger partial charge in [0.1, 0.15) is 17.1 Å². The van der Waals surface area contributed by atoms with Crippen molar-refractivity contribution in [3.8, 4) is 11.5 Å². The second-order valence-electron chi connectivity index (χ2n) is 6.51. The van der Waals surface area contributed by atoms with Crippen molar-refractivity contribution in [2.24, 2.45) is 10.2 Å². The Morgan fingerprint density at radius 2 is 1.50 bits per heavy atom. The summed E-state index contributed by atoms with van der Waals surface area (Å²) in [5, 5.41) is 18.4. The number of nitrogens with zero attached hydrogens (tertiary/aromatic N) is 3. The van der Waals surface area contributed by atoms with Gasteiger partial charge in [-0.3, -0.25) is 0 Å². The summed E-state index contributed by atoms with van der Waals surface area (Å²) in [6.07, 6.45) is 0. The molecule has 0 fully saturated rings. The molecule has 0 unspecified atom stereocenters. The topological polar surface area (TPSA) is 74.5 Å². The number of hydrogen-bond donors (Lipinski definition) is 1. The Labute approximate surface area is 163 Å². The van der Waals surface area contributed by atoms with Crippen molar-refractivity contribution >= 4 is 23.0 Å². The number of phenols is 1. The molecule has 3 aromatic rings. The number of anilines is 1. The quantitative estimate of drug-likeness (QED) is 0.368. The Morgan fingerprint density at radius 1 is 0.893 bits per heavy atom. The van der Waals surface area contributed by atoms with E-state index in [1.165, 1.54) is 12.1 Å². The fourth-order valence-corrected chi connectivity index (χ4v) is 2.46. The lowest BCUT2D eigenvalue weighted by molar-refractivity contribution is 0.0731. The summed E-state index contributed by atoms with van der Waals surface area (Å²) in [4.78, 5) is 14.3. The maximum absolute atomic E-state index is 12.3. The van der Waals surface area contributed by atoms with E-state index in [0.29, 0.717) is 17.1 Å². The molecule has 0 bridgehead atoms. The van der Waals surface area contributed by atoms with Crippen LogP contribution in [0.15, 0.2) is 77.0 Å². The number of benzene rings is 3. The molecule has 0 radical (unpaired) electrons. The maximum Gasteiger partial charge on any atom is 0.347 e. The van der Waals surface area contributed by atoms with Gasteiger partial charge in [0.15, 0.2) is 0 Å². The summed E-state index contributed by atoms with van der Waals surface area (Å²) in [7, 11) is 3.93. The number of rotatable bonds is 5. The minimum Gasteiger partial charge on any atom is -0.507 e. The van der Waals surface area contributed by atoms with E-state index in [4.69, 9.17) is 4.74 Å². The molecule has 1 N–H and O–H groups in total. The van der Waals surface area contributed by atoms with Gasteiger partial charge in [0.2, 0.25) is 0 Å². The van der Waals surface area contributed by atoms with Crippen LogP contribution in [0.25, 0.3) is 0 Å². The third kappa shape index (κ3) is 4.73. The molecule has 0 aliphatic heterocycles. The zero-order valence-electron chi connectivity index (χ0n) is 16.0. The highest BCUT2D eigenvalue weighted by Gasteiger charge is 2.14. The van der Waals surface area contributed by atoms with Crippen LogP contribution in [0.4, 0.5) is 17.1 Å². The number of esters is 1. The van der Waals surface area contributed by atoms with Crippen molar-refractivity contribution in [1.82, 2.24) is 0 Å². The van der Waals surface area contributed by atoms with Gasteiger partial charge in [0, 0.05) is 25.8 Å². The Hall–Kier alpha value is -3.67. The van der Waals surface area contributed by atoms with Crippen LogP contribution in [0.5, 0.6) is 11.5 Å². The van der Waals surface area contributed by atoms with Gasteiger partial charge in [-0.25, -0.2) is 4.79 Å². The number of hydrogen-bond acceptors (Lipinski definition) is 6. The van der Waals surface area contributed by atoms with Crippen LogP contribution in [0.3, 0.4) is 0 Å². The average Bonchev–Trinajstić information content (AvgIpc) is 2.68. The summed E-state index contributed by atoms with van der Waals surface area (Å²) in [5.41, 5.74) is 3.31. The molecule has 0 saturated carbocycles. The van der Waals surface area contributed by atoms with Gasteiger partial charge in [0.05, 0.1) is 11.4 Å². The Balaban J connectivity index is 1.70. The van der Waals surface area contributed by atoms with Gasteiger partial charge in [-0.1, -0.05) is 17.7 Å². The number of aryl methyl sites for hydroxylation is 1. The van der Waals surface area contributed by atoms with Gasteiger partial charge in [-0.2, -0.15) is 10.2 Å². The van der Waals surface area contributed by atoms with Crippen LogP contribution in [0.2, 0.25) is 0 Å². The van der Waals surface area contributed by atoms with E-state index in [2.05, 4.69) is 10.2 Å². The van der Waals surface area contributed by atoms with Crippen LogP contribution in [-0.2, 0) is 0 Å². The van der Waals surface area contributed by atoms with Gasteiger partial charge in [-0.15, -0.1) is 0 Å². The molecule has 0 aromatic heterocycles. The maximum atomic E-state index is 12.3. The first-order chi connectivity index (χ1) is 13.4. The first kappa shape index (κ1) is 19.1. The summed E-state index contributed by atoms with van der Waals surface area (Å²) in [6.45, 7) is 1.95. The highest BCUT2D eigenvalue weighted by atomic mass is 16.5. The van der Waals surface area contributed by atoms with E-state index in [1.54, 1.807) is 18.2 Å². The largest absolute Gasteiger partial charge is 0.507 e. The number of azo groups is 1. The predicted octanol–water partition coefficient (Wildman–Crippen LogP) is 5.40. The second-order valence-corrected chi connectivity index (χ2v) is 6.51. The molecule has 0 aliphatic carbocycles. The number of ether oxygens (including phenoxy) is 1. The molecule has 0 saturated heterocycles. The number of phenolic OH excluding ortho intramolecular Hbond substituents is 1. The van der Waals surface area contributed by atoms with Gasteiger partial charge in [0.25, 0.3) is 0 Å². The van der Waals surface area contributed by atoms with Crippen LogP contribution in [-0.4, -0.2) is 25.2 Å². The first-order valence-electron chi connectivity index (χ1n) is 8.73. The highest BCUT2D eigenvalue weighted by molar-refractivity contribution is 5.94. The van der Waals surface area contributed by atoms with E-state index >= 15 is 0 Å². The van der Waals surface area contributed by atoms with Crippen molar-refractivity contribution in [3.63, 3.8) is 0 Å². The van der Waals surface area contributed by atoms with Gasteiger partial charge >= 0.3 is 5.97 Å². The Kier molecular flexibility index (Phi) is 5.69. The molecule has 0 atom stereocenters. The zero-order valence-corrected chi connectivity index (χ0v) is 16.0. The van der Waals surface area contributed by atoms with Crippen molar-refractivity contribution in [2.45, 2.75) is 6.92 Å². The fourth-order valence-electron chi connectivity index (χ4n) is 2.46. The highest BCUT2D eigenvalue weighted by Crippen LogP contribution is 2.27. The molecule has 0 aliphatic rings. The number of carbonyl (C=O) groups is 1. The predicted molar refractivity (Wildman–Crippen MR) is 109 cm³/mol. The summed E-state index contributed by atoms with van der Waals surface area (Å²) in [6, 6.07) is 19.1. The van der Waals surface area contributed by atoms with Crippen molar-refractivity contribution in [1.29, 1.82) is 0 Å². The van der Waals surface area contributed by atoms with Crippen LogP contribution < -0.4 is 9.64 Å². The first-order valence-corrected chi connectivity index (χ1v) is 8.73. The molecule has 0 amide bonds. The lowest BCUT2D eigenvalue weighted by Gasteiger charge is -2.11.